The second-order valence-corrected chi connectivity index (χ2v) is 8.76. The molecule has 34 heavy (non-hydrogen) atoms. The van der Waals surface area contributed by atoms with Gasteiger partial charge in [0.1, 0.15) is 17.0 Å². The van der Waals surface area contributed by atoms with Crippen LogP contribution in [0.25, 0.3) is 0 Å². The predicted molar refractivity (Wildman–Crippen MR) is 132 cm³/mol. The van der Waals surface area contributed by atoms with Gasteiger partial charge < -0.3 is 25.4 Å². The first-order chi connectivity index (χ1) is 16.4. The molecule has 0 spiro atoms. The van der Waals surface area contributed by atoms with Gasteiger partial charge >= 0.3 is 0 Å². The normalized spacial score (nSPS) is 17.4. The highest BCUT2D eigenvalue weighted by Crippen LogP contribution is 2.18. The van der Waals surface area contributed by atoms with Crippen molar-refractivity contribution in [3.8, 4) is 11.5 Å². The Morgan fingerprint density at radius 2 is 1.91 bits per heavy atom. The third kappa shape index (κ3) is 8.27. The summed E-state index contributed by atoms with van der Waals surface area (Å²) in [5.74, 6) is 1.09. The first-order valence-corrected chi connectivity index (χ1v) is 12.1. The molecule has 4 N–H and O–H groups in total. The number of amides is 3. The number of hydrogen-bond donors (Lipinski definition) is 4. The molecule has 0 aliphatic carbocycles. The Morgan fingerprint density at radius 3 is 2.65 bits per heavy atom. The van der Waals surface area contributed by atoms with Gasteiger partial charge in [0, 0.05) is 31.1 Å². The lowest BCUT2D eigenvalue weighted by Gasteiger charge is -2.30. The van der Waals surface area contributed by atoms with E-state index in [1.807, 2.05) is 31.2 Å². The zero-order valence-corrected chi connectivity index (χ0v) is 20.1. The van der Waals surface area contributed by atoms with Crippen molar-refractivity contribution in [2.24, 2.45) is 0 Å². The van der Waals surface area contributed by atoms with Crippen LogP contribution in [0.5, 0.6) is 11.5 Å². The lowest BCUT2D eigenvalue weighted by atomic mass is 10.1. The number of carbonyl (C=O) groups is 3. The Bertz CT molecular complexity index is 986. The molecule has 2 aromatic carbocycles. The van der Waals surface area contributed by atoms with Crippen molar-refractivity contribution in [3.05, 3.63) is 54.1 Å². The van der Waals surface area contributed by atoms with Gasteiger partial charge in [-0.3, -0.25) is 19.7 Å². The van der Waals surface area contributed by atoms with Crippen molar-refractivity contribution in [1.29, 1.82) is 0 Å². The Morgan fingerprint density at radius 1 is 1.12 bits per heavy atom. The molecule has 1 heterocycles. The maximum absolute atomic E-state index is 12.4. The number of benzene rings is 2. The second kappa shape index (κ2) is 12.9. The predicted octanol–water partition coefficient (Wildman–Crippen LogP) is 2.23. The lowest BCUT2D eigenvalue weighted by molar-refractivity contribution is -0.125. The summed E-state index contributed by atoms with van der Waals surface area (Å²) in [6.07, 6.45) is 0.356. The van der Waals surface area contributed by atoms with Crippen LogP contribution in [0.4, 0.5) is 5.69 Å². The number of nitrogens with one attached hydrogen (secondary N) is 4. The minimum atomic E-state index is -0.455. The van der Waals surface area contributed by atoms with E-state index < -0.39 is 5.50 Å². The van der Waals surface area contributed by atoms with Gasteiger partial charge in [0.15, 0.2) is 0 Å². The molecule has 0 saturated carbocycles. The molecule has 0 aromatic heterocycles. The highest BCUT2D eigenvalue weighted by atomic mass is 32.2. The van der Waals surface area contributed by atoms with Crippen LogP contribution < -0.4 is 30.7 Å². The Balaban J connectivity index is 1.41. The van der Waals surface area contributed by atoms with Crippen LogP contribution in [0, 0.1) is 0 Å². The zero-order valence-electron chi connectivity index (χ0n) is 19.3. The molecule has 2 aromatic rings. The van der Waals surface area contributed by atoms with Crippen LogP contribution in [0.3, 0.4) is 0 Å². The molecular weight excluding hydrogens is 456 g/mol. The van der Waals surface area contributed by atoms with E-state index in [1.165, 1.54) is 11.8 Å². The summed E-state index contributed by atoms with van der Waals surface area (Å²) in [6, 6.07) is 14.3. The minimum absolute atomic E-state index is 0.139. The number of thioether (sulfide) groups is 1. The third-order valence-electron chi connectivity index (χ3n) is 5.00. The molecule has 1 saturated heterocycles. The van der Waals surface area contributed by atoms with Gasteiger partial charge in [-0.2, -0.15) is 0 Å². The first kappa shape index (κ1) is 25.4. The number of carbonyl (C=O) groups excluding carboxylic acids is 3. The number of ether oxygens (including phenoxy) is 2. The molecule has 2 unspecified atom stereocenters. The highest BCUT2D eigenvalue weighted by molar-refractivity contribution is 8.00. The standard InChI is InChI=1S/C24H30N4O5S/c1-3-33-19-9-7-17(8-10-19)26-23(31)15-34-24-27-18(13-22(30)28-24)12-21(29)25-14-16-5-4-6-20(11-16)32-2/h4-11,18,24,27H,3,12-15H2,1-2H3,(H,25,29)(H,26,31)(H,28,30). The molecule has 2 atom stereocenters. The average Bonchev–Trinajstić information content (AvgIpc) is 2.83. The Labute approximate surface area is 203 Å². The molecule has 3 amide bonds. The fourth-order valence-electron chi connectivity index (χ4n) is 3.40. The van der Waals surface area contributed by atoms with Crippen molar-refractivity contribution in [2.45, 2.75) is 37.8 Å². The van der Waals surface area contributed by atoms with Crippen LogP contribution >= 0.6 is 11.8 Å². The van der Waals surface area contributed by atoms with E-state index in [0.29, 0.717) is 18.8 Å². The summed E-state index contributed by atoms with van der Waals surface area (Å²) in [5, 5.41) is 11.7. The van der Waals surface area contributed by atoms with Gasteiger partial charge in [-0.15, -0.1) is 11.8 Å². The van der Waals surface area contributed by atoms with E-state index in [-0.39, 0.29) is 42.4 Å². The van der Waals surface area contributed by atoms with Gasteiger partial charge in [0.05, 0.1) is 19.5 Å². The maximum atomic E-state index is 12.4. The molecule has 9 nitrogen and oxygen atoms in total. The van der Waals surface area contributed by atoms with Crippen LogP contribution in [-0.4, -0.2) is 48.7 Å². The maximum Gasteiger partial charge on any atom is 0.234 e. The van der Waals surface area contributed by atoms with Gasteiger partial charge in [-0.1, -0.05) is 12.1 Å². The largest absolute Gasteiger partial charge is 0.497 e. The summed E-state index contributed by atoms with van der Waals surface area (Å²) < 4.78 is 10.6. The van der Waals surface area contributed by atoms with Crippen molar-refractivity contribution >= 4 is 35.2 Å². The summed E-state index contributed by atoms with van der Waals surface area (Å²) >= 11 is 1.26. The Hall–Kier alpha value is -3.24. The van der Waals surface area contributed by atoms with E-state index in [0.717, 1.165) is 17.1 Å². The van der Waals surface area contributed by atoms with Crippen LogP contribution in [-0.2, 0) is 20.9 Å². The summed E-state index contributed by atoms with van der Waals surface area (Å²) in [6.45, 7) is 2.86. The minimum Gasteiger partial charge on any atom is -0.497 e. The molecule has 10 heteroatoms. The fraction of sp³-hybridized carbons (Fsp3) is 0.375. The van der Waals surface area contributed by atoms with E-state index in [1.54, 1.807) is 31.4 Å². The SMILES string of the molecule is CCOc1ccc(NC(=O)CSC2NC(=O)CC(CC(=O)NCc3cccc(OC)c3)N2)cc1. The number of methoxy groups -OCH3 is 1. The van der Waals surface area contributed by atoms with Crippen LogP contribution in [0.1, 0.15) is 25.3 Å². The quantitative estimate of drug-likeness (QED) is 0.385. The Kier molecular flexibility index (Phi) is 9.60. The molecule has 1 aliphatic heterocycles. The molecule has 182 valence electrons. The molecule has 0 bridgehead atoms. The average molecular weight is 487 g/mol. The van der Waals surface area contributed by atoms with E-state index in [9.17, 15) is 14.4 Å². The lowest BCUT2D eigenvalue weighted by Crippen LogP contribution is -2.56. The zero-order chi connectivity index (χ0) is 24.3. The van der Waals surface area contributed by atoms with Gasteiger partial charge in [0.2, 0.25) is 17.7 Å². The molecule has 3 rings (SSSR count). The summed E-state index contributed by atoms with van der Waals surface area (Å²) in [7, 11) is 1.59. The van der Waals surface area contributed by atoms with Crippen molar-refractivity contribution in [1.82, 2.24) is 16.0 Å². The second-order valence-electron chi connectivity index (χ2n) is 7.66. The van der Waals surface area contributed by atoms with Gasteiger partial charge in [-0.25, -0.2) is 0 Å². The van der Waals surface area contributed by atoms with E-state index >= 15 is 0 Å². The third-order valence-corrected chi connectivity index (χ3v) is 6.01. The molecule has 1 aliphatic rings. The number of rotatable bonds is 11. The van der Waals surface area contributed by atoms with Crippen molar-refractivity contribution < 1.29 is 23.9 Å². The van der Waals surface area contributed by atoms with E-state index in [2.05, 4.69) is 21.3 Å². The fourth-order valence-corrected chi connectivity index (χ4v) is 4.29. The first-order valence-electron chi connectivity index (χ1n) is 11.0. The monoisotopic (exact) mass is 486 g/mol. The van der Waals surface area contributed by atoms with Crippen molar-refractivity contribution in [2.75, 3.05) is 24.8 Å². The van der Waals surface area contributed by atoms with Crippen molar-refractivity contribution in [3.63, 3.8) is 0 Å². The molecule has 1 fully saturated rings. The highest BCUT2D eigenvalue weighted by Gasteiger charge is 2.28. The molecule has 0 radical (unpaired) electrons. The summed E-state index contributed by atoms with van der Waals surface area (Å²) in [4.78, 5) is 36.8. The smallest absolute Gasteiger partial charge is 0.234 e. The van der Waals surface area contributed by atoms with Gasteiger partial charge in [-0.05, 0) is 48.9 Å². The molecular formula is C24H30N4O5S. The number of anilines is 1. The van der Waals surface area contributed by atoms with Gasteiger partial charge in [0.25, 0.3) is 0 Å². The van der Waals surface area contributed by atoms with Crippen LogP contribution in [0.15, 0.2) is 48.5 Å². The van der Waals surface area contributed by atoms with Crippen LogP contribution in [0.2, 0.25) is 0 Å². The summed E-state index contributed by atoms with van der Waals surface area (Å²) in [5.41, 5.74) is 1.14. The topological polar surface area (TPSA) is 118 Å². The number of hydrogen-bond acceptors (Lipinski definition) is 7. The van der Waals surface area contributed by atoms with E-state index in [4.69, 9.17) is 9.47 Å².